The Morgan fingerprint density at radius 1 is 1.29 bits per heavy atom. The molecule has 0 saturated carbocycles. The Hall–Kier alpha value is -2.72. The molecule has 38 heavy (non-hydrogen) atoms. The van der Waals surface area contributed by atoms with E-state index in [1.165, 1.54) is 43.0 Å². The van der Waals surface area contributed by atoms with Crippen LogP contribution < -0.4 is 10.0 Å². The Morgan fingerprint density at radius 3 is 2.66 bits per heavy atom. The molecule has 2 aromatic rings. The van der Waals surface area contributed by atoms with Crippen LogP contribution in [0.4, 0.5) is 14.5 Å². The number of anilines is 1. The molecular weight excluding hydrogens is 534 g/mol. The molecule has 1 fully saturated rings. The molecule has 206 valence electrons. The van der Waals surface area contributed by atoms with Crippen molar-refractivity contribution in [2.24, 2.45) is 0 Å². The molecule has 1 saturated heterocycles. The molecule has 1 aliphatic rings. The summed E-state index contributed by atoms with van der Waals surface area (Å²) < 4.78 is 108. The highest BCUT2D eigenvalue weighted by molar-refractivity contribution is 7.99. The first kappa shape index (κ1) is 22.1. The standard InChI is InChI=1S/C26H32F2N4O4S2/c1-26(11-4-5-13-36-26)25(33)31-38(34,35)22-14-18(16-29)24(23(28)15-22)30-20(10-12-32(2)3)17-37-21-8-6-19(27)7-9-21/h6-9,14-15,20,30H,4-5,10-13,17H2,1-3H3,(H,31,33)/t20-,26-/m1/s1/i2D3,3D3. The van der Waals surface area contributed by atoms with Gasteiger partial charge in [0.2, 0.25) is 0 Å². The van der Waals surface area contributed by atoms with Crippen molar-refractivity contribution in [1.29, 1.82) is 5.26 Å². The van der Waals surface area contributed by atoms with E-state index in [9.17, 15) is 22.9 Å². The van der Waals surface area contributed by atoms with Crippen molar-refractivity contribution in [2.75, 3.05) is 38.2 Å². The third kappa shape index (κ3) is 7.89. The zero-order valence-corrected chi connectivity index (χ0v) is 22.2. The van der Waals surface area contributed by atoms with Gasteiger partial charge in [0, 0.05) is 31.5 Å². The van der Waals surface area contributed by atoms with E-state index in [1.807, 2.05) is 4.72 Å². The normalized spacial score (nSPS) is 21.6. The van der Waals surface area contributed by atoms with E-state index in [0.717, 1.165) is 6.07 Å². The Bertz CT molecular complexity index is 1470. The first-order valence-electron chi connectivity index (χ1n) is 14.7. The number of benzene rings is 2. The molecule has 0 aromatic heterocycles. The summed E-state index contributed by atoms with van der Waals surface area (Å²) in [6, 6.07) is 7.82. The fourth-order valence-electron chi connectivity index (χ4n) is 3.79. The van der Waals surface area contributed by atoms with Gasteiger partial charge in [-0.05, 0) is 89.5 Å². The van der Waals surface area contributed by atoms with Crippen LogP contribution in [0.15, 0.2) is 46.2 Å². The van der Waals surface area contributed by atoms with E-state index >= 15 is 4.39 Å². The predicted octanol–water partition coefficient (Wildman–Crippen LogP) is 4.13. The van der Waals surface area contributed by atoms with E-state index in [1.54, 1.807) is 6.07 Å². The third-order valence-electron chi connectivity index (χ3n) is 5.99. The van der Waals surface area contributed by atoms with E-state index in [-0.39, 0.29) is 25.2 Å². The van der Waals surface area contributed by atoms with E-state index < -0.39 is 75.9 Å². The fraction of sp³-hybridized carbons (Fsp3) is 0.462. The summed E-state index contributed by atoms with van der Waals surface area (Å²) in [5.74, 6) is -2.45. The molecule has 2 N–H and O–H groups in total. The number of nitrogens with zero attached hydrogens (tertiary/aromatic N) is 2. The quantitative estimate of drug-likeness (QED) is 0.387. The van der Waals surface area contributed by atoms with E-state index in [2.05, 4.69) is 5.32 Å². The molecule has 2 atom stereocenters. The molecule has 1 aliphatic heterocycles. The average molecular weight is 573 g/mol. The molecule has 0 radical (unpaired) electrons. The lowest BCUT2D eigenvalue weighted by molar-refractivity contribution is -0.148. The first-order chi connectivity index (χ1) is 20.4. The molecule has 1 amide bonds. The number of rotatable bonds is 11. The predicted molar refractivity (Wildman–Crippen MR) is 142 cm³/mol. The van der Waals surface area contributed by atoms with Gasteiger partial charge in [-0.15, -0.1) is 11.8 Å². The molecule has 0 unspecified atom stereocenters. The van der Waals surface area contributed by atoms with Crippen LogP contribution in [0.2, 0.25) is 0 Å². The van der Waals surface area contributed by atoms with Crippen LogP contribution in [0.3, 0.4) is 0 Å². The summed E-state index contributed by atoms with van der Waals surface area (Å²) >= 11 is 1.18. The van der Waals surface area contributed by atoms with Gasteiger partial charge < -0.3 is 15.0 Å². The number of carbonyl (C=O) groups is 1. The summed E-state index contributed by atoms with van der Waals surface area (Å²) in [6.07, 6.45) is 1.50. The van der Waals surface area contributed by atoms with Crippen LogP contribution in [0.25, 0.3) is 0 Å². The fourth-order valence-corrected chi connectivity index (χ4v) is 5.87. The zero-order valence-electron chi connectivity index (χ0n) is 26.6. The van der Waals surface area contributed by atoms with Crippen LogP contribution in [0.1, 0.15) is 46.4 Å². The van der Waals surface area contributed by atoms with Crippen LogP contribution in [0.5, 0.6) is 0 Å². The van der Waals surface area contributed by atoms with Gasteiger partial charge in [-0.2, -0.15) is 5.26 Å². The Morgan fingerprint density at radius 2 is 2.03 bits per heavy atom. The zero-order chi connectivity index (χ0) is 32.9. The third-order valence-corrected chi connectivity index (χ3v) is 8.47. The number of hydrogen-bond acceptors (Lipinski definition) is 8. The van der Waals surface area contributed by atoms with E-state index in [4.69, 9.17) is 13.0 Å². The monoisotopic (exact) mass is 572 g/mol. The topological polar surface area (TPSA) is 112 Å². The van der Waals surface area contributed by atoms with Gasteiger partial charge in [-0.3, -0.25) is 4.79 Å². The Labute approximate surface area is 235 Å². The van der Waals surface area contributed by atoms with E-state index in [0.29, 0.717) is 28.7 Å². The minimum absolute atomic E-state index is 0.0977. The van der Waals surface area contributed by atoms with Crippen molar-refractivity contribution in [3.8, 4) is 6.07 Å². The van der Waals surface area contributed by atoms with Crippen LogP contribution >= 0.6 is 11.8 Å². The van der Waals surface area contributed by atoms with Crippen molar-refractivity contribution in [3.05, 3.63) is 53.6 Å². The largest absolute Gasteiger partial charge is 0.378 e. The highest BCUT2D eigenvalue weighted by atomic mass is 32.2. The summed E-state index contributed by atoms with van der Waals surface area (Å²) in [4.78, 5) is 13.0. The summed E-state index contributed by atoms with van der Waals surface area (Å²) in [6.45, 7) is -4.69. The Kier molecular flexibility index (Phi) is 7.51. The van der Waals surface area contributed by atoms with Gasteiger partial charge in [-0.25, -0.2) is 21.9 Å². The second-order valence-corrected chi connectivity index (χ2v) is 11.7. The smallest absolute Gasteiger partial charge is 0.265 e. The summed E-state index contributed by atoms with van der Waals surface area (Å²) in [7, 11) is -4.62. The Balaban J connectivity index is 1.89. The van der Waals surface area contributed by atoms with Gasteiger partial charge in [0.05, 0.1) is 16.1 Å². The number of amides is 1. The molecule has 0 bridgehead atoms. The molecule has 0 aliphatic carbocycles. The van der Waals surface area contributed by atoms with Crippen molar-refractivity contribution in [2.45, 2.75) is 54.0 Å². The molecule has 3 rings (SSSR count). The lowest BCUT2D eigenvalue weighted by Gasteiger charge is -2.32. The van der Waals surface area contributed by atoms with Crippen LogP contribution in [-0.4, -0.2) is 63.7 Å². The highest BCUT2D eigenvalue weighted by Gasteiger charge is 2.38. The maximum atomic E-state index is 15.5. The second-order valence-electron chi connectivity index (χ2n) is 8.96. The molecule has 2 aromatic carbocycles. The number of nitrogens with one attached hydrogen (secondary N) is 2. The van der Waals surface area contributed by atoms with Crippen LogP contribution in [-0.2, 0) is 19.6 Å². The number of carbonyl (C=O) groups excluding carboxylic acids is 1. The number of halogens is 2. The lowest BCUT2D eigenvalue weighted by Crippen LogP contribution is -2.50. The van der Waals surface area contributed by atoms with Gasteiger partial charge >= 0.3 is 0 Å². The molecule has 12 heteroatoms. The maximum absolute atomic E-state index is 15.5. The van der Waals surface area contributed by atoms with Gasteiger partial charge in [0.25, 0.3) is 15.9 Å². The minimum atomic E-state index is -4.62. The second kappa shape index (κ2) is 12.9. The number of thioether (sulfide) groups is 1. The van der Waals surface area contributed by atoms with Crippen molar-refractivity contribution >= 4 is 33.4 Å². The molecule has 8 nitrogen and oxygen atoms in total. The maximum Gasteiger partial charge on any atom is 0.265 e. The molecule has 1 heterocycles. The summed E-state index contributed by atoms with van der Waals surface area (Å²) in [5.41, 5.74) is -2.23. The number of sulfonamides is 1. The summed E-state index contributed by atoms with van der Waals surface area (Å²) in [5, 5.41) is 12.6. The first-order valence-corrected chi connectivity index (χ1v) is 14.2. The minimum Gasteiger partial charge on any atom is -0.378 e. The SMILES string of the molecule is [2H]C([2H])([2H])N(CC[C@H](CSc1ccc(F)cc1)Nc1c(F)cc(S(=O)(=O)NC(=O)[C@@]2(C)CCCCO2)cc1C#N)C([2H])([2H])[2H]. The van der Waals surface area contributed by atoms with Crippen molar-refractivity contribution in [1.82, 2.24) is 9.62 Å². The van der Waals surface area contributed by atoms with Gasteiger partial charge in [0.15, 0.2) is 0 Å². The van der Waals surface area contributed by atoms with Crippen LogP contribution in [0, 0.1) is 23.0 Å². The van der Waals surface area contributed by atoms with Gasteiger partial charge in [0.1, 0.15) is 23.3 Å². The number of hydrogen-bond donors (Lipinski definition) is 2. The number of nitriles is 1. The van der Waals surface area contributed by atoms with Crippen molar-refractivity contribution in [3.63, 3.8) is 0 Å². The van der Waals surface area contributed by atoms with Gasteiger partial charge in [-0.1, -0.05) is 0 Å². The molecule has 0 spiro atoms. The van der Waals surface area contributed by atoms with Crippen molar-refractivity contribution < 1.29 is 35.0 Å². The highest BCUT2D eigenvalue weighted by Crippen LogP contribution is 2.29. The molecular formula is C26H32F2N4O4S2. The lowest BCUT2D eigenvalue weighted by atomic mass is 9.95. The average Bonchev–Trinajstić information content (AvgIpc) is 2.91. The number of ether oxygens (including phenoxy) is 1.